The van der Waals surface area contributed by atoms with Gasteiger partial charge in [0.05, 0.1) is 19.3 Å². The van der Waals surface area contributed by atoms with E-state index in [2.05, 4.69) is 0 Å². The van der Waals surface area contributed by atoms with Crippen molar-refractivity contribution in [2.45, 2.75) is 12.8 Å². The van der Waals surface area contributed by atoms with Gasteiger partial charge in [0.25, 0.3) is 0 Å². The van der Waals surface area contributed by atoms with Crippen LogP contribution in [0.25, 0.3) is 0 Å². The van der Waals surface area contributed by atoms with Gasteiger partial charge < -0.3 is 9.64 Å². The van der Waals surface area contributed by atoms with E-state index in [9.17, 15) is 13.2 Å². The van der Waals surface area contributed by atoms with Gasteiger partial charge in [-0.1, -0.05) is 6.07 Å². The highest BCUT2D eigenvalue weighted by atomic mass is 32.2. The Balaban J connectivity index is 2.13. The fourth-order valence-electron chi connectivity index (χ4n) is 2.67. The van der Waals surface area contributed by atoms with Crippen molar-refractivity contribution in [2.75, 3.05) is 38.4 Å². The molecule has 1 fully saturated rings. The van der Waals surface area contributed by atoms with Gasteiger partial charge in [-0.25, -0.2) is 12.7 Å². The van der Waals surface area contributed by atoms with Crippen LogP contribution in [0, 0.1) is 5.92 Å². The third-order valence-corrected chi connectivity index (χ3v) is 5.24. The average molecular weight is 326 g/mol. The SMILES string of the molecule is COc1cccc(N(C)C(=O)[C@H]2CCCN(S(C)(=O)=O)C2)c1. The van der Waals surface area contributed by atoms with Crippen LogP contribution < -0.4 is 9.64 Å². The molecule has 7 heteroatoms. The summed E-state index contributed by atoms with van der Waals surface area (Å²) in [5.74, 6) is 0.305. The highest BCUT2D eigenvalue weighted by Gasteiger charge is 2.32. The molecule has 1 amide bonds. The lowest BCUT2D eigenvalue weighted by Gasteiger charge is -2.32. The second-order valence-electron chi connectivity index (χ2n) is 5.56. The van der Waals surface area contributed by atoms with E-state index in [0.29, 0.717) is 25.1 Å². The number of carbonyl (C=O) groups is 1. The molecular weight excluding hydrogens is 304 g/mol. The van der Waals surface area contributed by atoms with Gasteiger partial charge in [-0.3, -0.25) is 4.79 Å². The fourth-order valence-corrected chi connectivity index (χ4v) is 3.58. The van der Waals surface area contributed by atoms with Gasteiger partial charge in [-0.2, -0.15) is 0 Å². The summed E-state index contributed by atoms with van der Waals surface area (Å²) in [6.45, 7) is 0.747. The molecule has 0 unspecified atom stereocenters. The summed E-state index contributed by atoms with van der Waals surface area (Å²) < 4.78 is 29.9. The molecule has 22 heavy (non-hydrogen) atoms. The third-order valence-electron chi connectivity index (χ3n) is 3.97. The first-order valence-electron chi connectivity index (χ1n) is 7.19. The summed E-state index contributed by atoms with van der Waals surface area (Å²) in [6, 6.07) is 7.25. The Hall–Kier alpha value is -1.60. The molecule has 0 aliphatic carbocycles. The highest BCUT2D eigenvalue weighted by molar-refractivity contribution is 7.88. The Morgan fingerprint density at radius 3 is 2.77 bits per heavy atom. The van der Waals surface area contributed by atoms with Crippen molar-refractivity contribution in [3.8, 4) is 5.75 Å². The van der Waals surface area contributed by atoms with Gasteiger partial charge >= 0.3 is 0 Å². The fraction of sp³-hybridized carbons (Fsp3) is 0.533. The molecule has 0 radical (unpaired) electrons. The van der Waals surface area contributed by atoms with Crippen LogP contribution in [0.15, 0.2) is 24.3 Å². The van der Waals surface area contributed by atoms with Gasteiger partial charge in [0, 0.05) is 31.9 Å². The molecule has 2 rings (SSSR count). The van der Waals surface area contributed by atoms with Crippen molar-refractivity contribution in [1.82, 2.24) is 4.31 Å². The minimum Gasteiger partial charge on any atom is -0.497 e. The van der Waals surface area contributed by atoms with Gasteiger partial charge in [0.15, 0.2) is 0 Å². The zero-order chi connectivity index (χ0) is 16.3. The van der Waals surface area contributed by atoms with Crippen molar-refractivity contribution >= 4 is 21.6 Å². The molecule has 1 heterocycles. The standard InChI is InChI=1S/C15H22N2O4S/c1-16(13-7-4-8-14(10-13)21-2)15(18)12-6-5-9-17(11-12)22(3,19)20/h4,7-8,10,12H,5-6,9,11H2,1-3H3/t12-/m0/s1. The van der Waals surface area contributed by atoms with Crippen LogP contribution in [0.2, 0.25) is 0 Å². The second kappa shape index (κ2) is 6.66. The zero-order valence-corrected chi connectivity index (χ0v) is 14.0. The Kier molecular flexibility index (Phi) is 5.08. The van der Waals surface area contributed by atoms with Gasteiger partial charge in [-0.15, -0.1) is 0 Å². The predicted octanol–water partition coefficient (Wildman–Crippen LogP) is 1.33. The minimum absolute atomic E-state index is 0.0680. The lowest BCUT2D eigenvalue weighted by molar-refractivity contribution is -0.123. The molecule has 0 spiro atoms. The van der Waals surface area contributed by atoms with E-state index in [4.69, 9.17) is 4.74 Å². The molecule has 0 saturated carbocycles. The van der Waals surface area contributed by atoms with E-state index in [1.165, 1.54) is 10.6 Å². The zero-order valence-electron chi connectivity index (χ0n) is 13.2. The number of anilines is 1. The van der Waals surface area contributed by atoms with Crippen molar-refractivity contribution in [1.29, 1.82) is 0 Å². The molecule has 1 saturated heterocycles. The van der Waals surface area contributed by atoms with Gasteiger partial charge in [-0.05, 0) is 25.0 Å². The first-order chi connectivity index (χ1) is 10.3. The maximum Gasteiger partial charge on any atom is 0.231 e. The molecule has 1 aliphatic rings. The van der Waals surface area contributed by atoms with E-state index in [-0.39, 0.29) is 18.4 Å². The van der Waals surface area contributed by atoms with Crippen molar-refractivity contribution < 1.29 is 17.9 Å². The summed E-state index contributed by atoms with van der Waals surface area (Å²) in [5, 5.41) is 0. The van der Waals surface area contributed by atoms with Crippen molar-refractivity contribution in [3.05, 3.63) is 24.3 Å². The maximum atomic E-state index is 12.6. The van der Waals surface area contributed by atoms with E-state index >= 15 is 0 Å². The van der Waals surface area contributed by atoms with E-state index in [1.807, 2.05) is 18.2 Å². The van der Waals surface area contributed by atoms with E-state index in [0.717, 1.165) is 5.69 Å². The van der Waals surface area contributed by atoms with Crippen LogP contribution in [0.3, 0.4) is 0 Å². The predicted molar refractivity (Wildman–Crippen MR) is 85.5 cm³/mol. The number of hydrogen-bond donors (Lipinski definition) is 0. The molecule has 0 aromatic heterocycles. The first-order valence-corrected chi connectivity index (χ1v) is 9.04. The summed E-state index contributed by atoms with van der Waals surface area (Å²) in [6.07, 6.45) is 2.60. The van der Waals surface area contributed by atoms with E-state index < -0.39 is 10.0 Å². The van der Waals surface area contributed by atoms with Crippen LogP contribution in [0.1, 0.15) is 12.8 Å². The normalized spacial score (nSPS) is 19.7. The molecule has 1 aromatic rings. The van der Waals surface area contributed by atoms with Gasteiger partial charge in [0.1, 0.15) is 5.75 Å². The Bertz CT molecular complexity index is 645. The summed E-state index contributed by atoms with van der Waals surface area (Å²) >= 11 is 0. The summed E-state index contributed by atoms with van der Waals surface area (Å²) in [4.78, 5) is 14.2. The molecule has 0 bridgehead atoms. The van der Waals surface area contributed by atoms with Crippen molar-refractivity contribution in [3.63, 3.8) is 0 Å². The van der Waals surface area contributed by atoms with Crippen LogP contribution in [-0.2, 0) is 14.8 Å². The number of carbonyl (C=O) groups excluding carboxylic acids is 1. The molecule has 0 N–H and O–H groups in total. The second-order valence-corrected chi connectivity index (χ2v) is 7.54. The number of benzene rings is 1. The van der Waals surface area contributed by atoms with Gasteiger partial charge in [0.2, 0.25) is 15.9 Å². The number of sulfonamides is 1. The molecule has 6 nitrogen and oxygen atoms in total. The largest absolute Gasteiger partial charge is 0.497 e. The van der Waals surface area contributed by atoms with E-state index in [1.54, 1.807) is 25.1 Å². The Morgan fingerprint density at radius 1 is 1.41 bits per heavy atom. The van der Waals surface area contributed by atoms with Crippen LogP contribution in [0.5, 0.6) is 5.75 Å². The number of amides is 1. The van der Waals surface area contributed by atoms with Crippen molar-refractivity contribution in [2.24, 2.45) is 5.92 Å². The quantitative estimate of drug-likeness (QED) is 0.837. The van der Waals surface area contributed by atoms with Crippen LogP contribution in [-0.4, -0.2) is 52.1 Å². The number of ether oxygens (including phenoxy) is 1. The lowest BCUT2D eigenvalue weighted by Crippen LogP contribution is -2.45. The molecule has 1 aromatic carbocycles. The minimum atomic E-state index is -3.25. The van der Waals surface area contributed by atoms with Crippen LogP contribution >= 0.6 is 0 Å². The molecular formula is C15H22N2O4S. The monoisotopic (exact) mass is 326 g/mol. The Labute approximate surface area is 131 Å². The smallest absolute Gasteiger partial charge is 0.231 e. The lowest BCUT2D eigenvalue weighted by atomic mass is 9.98. The third kappa shape index (κ3) is 3.78. The Morgan fingerprint density at radius 2 is 2.14 bits per heavy atom. The van der Waals surface area contributed by atoms with Crippen LogP contribution in [0.4, 0.5) is 5.69 Å². The topological polar surface area (TPSA) is 66.9 Å². The maximum absolute atomic E-state index is 12.6. The number of rotatable bonds is 4. The first kappa shape index (κ1) is 16.8. The summed E-state index contributed by atoms with van der Waals surface area (Å²) in [7, 11) is 0.0296. The number of hydrogen-bond acceptors (Lipinski definition) is 4. The number of methoxy groups -OCH3 is 1. The number of piperidine rings is 1. The molecule has 122 valence electrons. The average Bonchev–Trinajstić information content (AvgIpc) is 2.53. The highest BCUT2D eigenvalue weighted by Crippen LogP contribution is 2.25. The molecule has 1 aliphatic heterocycles. The summed E-state index contributed by atoms with van der Waals surface area (Å²) in [5.41, 5.74) is 0.737. The number of nitrogens with zero attached hydrogens (tertiary/aromatic N) is 2. The molecule has 1 atom stereocenters.